The molecule has 1 unspecified atom stereocenters. The second kappa shape index (κ2) is 5.20. The first kappa shape index (κ1) is 14.5. The van der Waals surface area contributed by atoms with Crippen LogP contribution in [0, 0.1) is 6.92 Å². The predicted octanol–water partition coefficient (Wildman–Crippen LogP) is 2.67. The van der Waals surface area contributed by atoms with Crippen LogP contribution >= 0.6 is 27.3 Å². The summed E-state index contributed by atoms with van der Waals surface area (Å²) >= 11 is 4.58. The van der Waals surface area contributed by atoms with Crippen LogP contribution in [0.25, 0.3) is 0 Å². The van der Waals surface area contributed by atoms with Gasteiger partial charge in [-0.2, -0.15) is 0 Å². The lowest BCUT2D eigenvalue weighted by molar-refractivity contribution is 0.0387. The number of hydrogen-bond acceptors (Lipinski definition) is 4. The Balaban J connectivity index is 2.21. The molecule has 0 aliphatic carbocycles. The molecule has 4 nitrogen and oxygen atoms in total. The van der Waals surface area contributed by atoms with Crippen LogP contribution in [-0.2, 0) is 14.8 Å². The fourth-order valence-corrected chi connectivity index (χ4v) is 5.60. The van der Waals surface area contributed by atoms with Gasteiger partial charge in [0.05, 0.1) is 15.9 Å². The van der Waals surface area contributed by atoms with Crippen molar-refractivity contribution in [1.29, 1.82) is 0 Å². The third-order valence-electron chi connectivity index (χ3n) is 2.92. The average molecular weight is 354 g/mol. The van der Waals surface area contributed by atoms with Crippen LogP contribution in [0.5, 0.6) is 0 Å². The Hall–Kier alpha value is 0.0500. The van der Waals surface area contributed by atoms with Crippen molar-refractivity contribution in [1.82, 2.24) is 4.72 Å². The highest BCUT2D eigenvalue weighted by Gasteiger charge is 2.33. The molecule has 1 saturated heterocycles. The lowest BCUT2D eigenvalue weighted by atomic mass is 9.97. The molecule has 1 atom stereocenters. The molecule has 1 N–H and O–H groups in total. The summed E-state index contributed by atoms with van der Waals surface area (Å²) in [5, 5.41) is 0. The highest BCUT2D eigenvalue weighted by atomic mass is 79.9. The normalized spacial score (nSPS) is 25.3. The fraction of sp³-hybridized carbons (Fsp3) is 0.636. The molecule has 1 aliphatic heterocycles. The number of ether oxygens (including phenoxy) is 1. The van der Waals surface area contributed by atoms with Gasteiger partial charge < -0.3 is 4.74 Å². The Bertz CT molecular complexity index is 513. The third kappa shape index (κ3) is 3.14. The van der Waals surface area contributed by atoms with Gasteiger partial charge in [0, 0.05) is 6.61 Å². The van der Waals surface area contributed by atoms with Crippen molar-refractivity contribution in [3.63, 3.8) is 0 Å². The second-order valence-corrected chi connectivity index (χ2v) is 9.12. The summed E-state index contributed by atoms with van der Waals surface area (Å²) in [5.41, 5.74) is 0.437. The number of nitrogens with one attached hydrogen (secondary N) is 1. The molecule has 0 saturated carbocycles. The van der Waals surface area contributed by atoms with Crippen LogP contribution in [0.3, 0.4) is 0 Å². The number of aryl methyl sites for hydroxylation is 1. The van der Waals surface area contributed by atoms with E-state index in [1.807, 2.05) is 13.8 Å². The van der Waals surface area contributed by atoms with E-state index in [1.54, 1.807) is 6.07 Å². The number of sulfonamides is 1. The molecule has 0 amide bonds. The monoisotopic (exact) mass is 353 g/mol. The Morgan fingerprint density at radius 3 is 2.78 bits per heavy atom. The number of thiophene rings is 1. The molecular formula is C11H16BrNO3S2. The molecule has 0 spiro atoms. The van der Waals surface area contributed by atoms with Gasteiger partial charge in [-0.1, -0.05) is 0 Å². The zero-order chi connectivity index (χ0) is 13.4. The van der Waals surface area contributed by atoms with Crippen LogP contribution in [0.4, 0.5) is 0 Å². The van der Waals surface area contributed by atoms with E-state index >= 15 is 0 Å². The number of halogens is 1. The standard InChI is InChI=1S/C11H16BrNO3S2/c1-8-6-9(17-10(8)12)18(14,15)13-11(2)4-3-5-16-7-11/h6,13H,3-5,7H2,1-2H3. The largest absolute Gasteiger partial charge is 0.380 e. The summed E-state index contributed by atoms with van der Waals surface area (Å²) in [6.45, 7) is 4.91. The van der Waals surface area contributed by atoms with Crippen LogP contribution in [0.15, 0.2) is 14.1 Å². The lowest BCUT2D eigenvalue weighted by Crippen LogP contribution is -2.51. The molecule has 2 heterocycles. The van der Waals surface area contributed by atoms with E-state index in [1.165, 1.54) is 11.3 Å². The summed E-state index contributed by atoms with van der Waals surface area (Å²) in [4.78, 5) is 0. The smallest absolute Gasteiger partial charge is 0.250 e. The van der Waals surface area contributed by atoms with Gasteiger partial charge in [-0.15, -0.1) is 11.3 Å². The summed E-state index contributed by atoms with van der Waals surface area (Å²) < 4.78 is 33.9. The first-order chi connectivity index (χ1) is 8.32. The maximum Gasteiger partial charge on any atom is 0.250 e. The van der Waals surface area contributed by atoms with E-state index in [-0.39, 0.29) is 0 Å². The van der Waals surface area contributed by atoms with Crippen LogP contribution in [0.1, 0.15) is 25.3 Å². The quantitative estimate of drug-likeness (QED) is 0.908. The van der Waals surface area contributed by atoms with Crippen LogP contribution < -0.4 is 4.72 Å². The summed E-state index contributed by atoms with van der Waals surface area (Å²) in [5.74, 6) is 0. The minimum Gasteiger partial charge on any atom is -0.380 e. The van der Waals surface area contributed by atoms with Crippen molar-refractivity contribution in [2.24, 2.45) is 0 Å². The zero-order valence-electron chi connectivity index (χ0n) is 10.3. The average Bonchev–Trinajstić information content (AvgIpc) is 2.59. The van der Waals surface area contributed by atoms with E-state index in [2.05, 4.69) is 20.7 Å². The van der Waals surface area contributed by atoms with Crippen molar-refractivity contribution < 1.29 is 13.2 Å². The van der Waals surface area contributed by atoms with Crippen molar-refractivity contribution in [2.75, 3.05) is 13.2 Å². The third-order valence-corrected chi connectivity index (χ3v) is 7.17. The van der Waals surface area contributed by atoms with Crippen LogP contribution in [0.2, 0.25) is 0 Å². The molecule has 102 valence electrons. The highest BCUT2D eigenvalue weighted by Crippen LogP contribution is 2.31. The zero-order valence-corrected chi connectivity index (χ0v) is 13.5. The molecule has 18 heavy (non-hydrogen) atoms. The molecule has 0 aromatic carbocycles. The second-order valence-electron chi connectivity index (χ2n) is 4.84. The Labute approximate surface area is 120 Å². The summed E-state index contributed by atoms with van der Waals surface area (Å²) in [6.07, 6.45) is 1.68. The fourth-order valence-electron chi connectivity index (χ4n) is 1.95. The SMILES string of the molecule is Cc1cc(S(=O)(=O)NC2(C)CCCOC2)sc1Br. The lowest BCUT2D eigenvalue weighted by Gasteiger charge is -2.33. The Kier molecular flexibility index (Phi) is 4.18. The van der Waals surface area contributed by atoms with E-state index in [9.17, 15) is 8.42 Å². The van der Waals surface area contributed by atoms with Crippen molar-refractivity contribution in [3.8, 4) is 0 Å². The Morgan fingerprint density at radius 2 is 2.28 bits per heavy atom. The Morgan fingerprint density at radius 1 is 1.56 bits per heavy atom. The van der Waals surface area contributed by atoms with Crippen molar-refractivity contribution >= 4 is 37.3 Å². The molecule has 0 bridgehead atoms. The molecule has 0 radical (unpaired) electrons. The van der Waals surface area contributed by atoms with Gasteiger partial charge in [-0.3, -0.25) is 0 Å². The van der Waals surface area contributed by atoms with E-state index < -0.39 is 15.6 Å². The minimum absolute atomic E-state index is 0.346. The number of rotatable bonds is 3. The molecule has 1 aliphatic rings. The van der Waals surface area contributed by atoms with Gasteiger partial charge in [-0.05, 0) is 54.2 Å². The van der Waals surface area contributed by atoms with Gasteiger partial charge in [0.25, 0.3) is 10.0 Å². The van der Waals surface area contributed by atoms with Gasteiger partial charge in [0.1, 0.15) is 4.21 Å². The summed E-state index contributed by atoms with van der Waals surface area (Å²) in [7, 11) is -3.46. The predicted molar refractivity (Wildman–Crippen MR) is 75.5 cm³/mol. The van der Waals surface area contributed by atoms with E-state index in [4.69, 9.17) is 4.74 Å². The molecule has 7 heteroatoms. The minimum atomic E-state index is -3.46. The van der Waals surface area contributed by atoms with E-state index in [0.29, 0.717) is 17.4 Å². The molecule has 2 rings (SSSR count). The maximum atomic E-state index is 12.3. The maximum absolute atomic E-state index is 12.3. The van der Waals surface area contributed by atoms with Crippen molar-refractivity contribution in [2.45, 2.75) is 36.4 Å². The summed E-state index contributed by atoms with van der Waals surface area (Å²) in [6, 6.07) is 1.68. The van der Waals surface area contributed by atoms with Crippen LogP contribution in [-0.4, -0.2) is 27.2 Å². The van der Waals surface area contributed by atoms with E-state index in [0.717, 1.165) is 22.2 Å². The van der Waals surface area contributed by atoms with Gasteiger partial charge in [-0.25, -0.2) is 13.1 Å². The van der Waals surface area contributed by atoms with Gasteiger partial charge in [0.15, 0.2) is 0 Å². The molecule has 1 fully saturated rings. The highest BCUT2D eigenvalue weighted by molar-refractivity contribution is 9.11. The van der Waals surface area contributed by atoms with Gasteiger partial charge in [0.2, 0.25) is 0 Å². The first-order valence-corrected chi connectivity index (χ1v) is 8.79. The molecular weight excluding hydrogens is 338 g/mol. The van der Waals surface area contributed by atoms with Crippen molar-refractivity contribution in [3.05, 3.63) is 15.4 Å². The van der Waals surface area contributed by atoms with Gasteiger partial charge >= 0.3 is 0 Å². The molecule has 1 aromatic heterocycles. The molecule has 1 aromatic rings. The first-order valence-electron chi connectivity index (χ1n) is 5.70. The number of hydrogen-bond donors (Lipinski definition) is 1. The topological polar surface area (TPSA) is 55.4 Å².